The van der Waals surface area contributed by atoms with E-state index in [-0.39, 0.29) is 5.41 Å². The Morgan fingerprint density at radius 3 is 2.34 bits per heavy atom. The molecule has 1 aliphatic rings. The largest absolute Gasteiger partial charge is 0.309 e. The van der Waals surface area contributed by atoms with E-state index in [1.807, 2.05) is 0 Å². The van der Waals surface area contributed by atoms with Crippen LogP contribution in [0.4, 0.5) is 11.6 Å². The summed E-state index contributed by atoms with van der Waals surface area (Å²) in [5.74, 6) is 1.06. The first-order valence-corrected chi connectivity index (χ1v) is 13.6. The first kappa shape index (κ1) is 23.1. The molecule has 7 rings (SSSR count). The highest BCUT2D eigenvalue weighted by molar-refractivity contribution is 6.10. The molecule has 0 radical (unpaired) electrons. The Kier molecular flexibility index (Phi) is 5.00. The van der Waals surface area contributed by atoms with Gasteiger partial charge in [-0.2, -0.15) is 0 Å². The van der Waals surface area contributed by atoms with E-state index in [1.165, 1.54) is 49.8 Å². The second-order valence-corrected chi connectivity index (χ2v) is 12.2. The Hall–Kier alpha value is -4.05. The molecule has 38 heavy (non-hydrogen) atoms. The topological polar surface area (TPSA) is 26.0 Å². The third-order valence-corrected chi connectivity index (χ3v) is 7.90. The number of imidazole rings is 1. The van der Waals surface area contributed by atoms with Crippen molar-refractivity contribution in [3.8, 4) is 5.69 Å². The standard InChI is InChI=1S/C34H34N4/c1-22-9-8-10-24(17-22)38-30-12-7-6-11-27(30)28-19-25(14-16-31(28)38)37-26(20-34(3,4)5)21-36-32-18-23(2)13-15-29(32)35-33(36)37/h6-19,26H,20-21H2,1-5H3. The van der Waals surface area contributed by atoms with E-state index in [9.17, 15) is 0 Å². The number of aryl methyl sites for hydroxylation is 2. The van der Waals surface area contributed by atoms with Gasteiger partial charge in [0.15, 0.2) is 0 Å². The van der Waals surface area contributed by atoms with Crippen molar-refractivity contribution in [2.24, 2.45) is 5.41 Å². The van der Waals surface area contributed by atoms with Gasteiger partial charge in [0, 0.05) is 28.7 Å². The second kappa shape index (κ2) is 8.22. The minimum atomic E-state index is 0.212. The third kappa shape index (κ3) is 3.62. The quantitative estimate of drug-likeness (QED) is 0.244. The maximum Gasteiger partial charge on any atom is 0.211 e. The molecule has 190 valence electrons. The molecule has 3 heterocycles. The highest BCUT2D eigenvalue weighted by Crippen LogP contribution is 2.43. The van der Waals surface area contributed by atoms with Crippen molar-refractivity contribution in [3.63, 3.8) is 0 Å². The predicted molar refractivity (Wildman–Crippen MR) is 160 cm³/mol. The predicted octanol–water partition coefficient (Wildman–Crippen LogP) is 8.71. The van der Waals surface area contributed by atoms with Crippen molar-refractivity contribution in [3.05, 3.63) is 96.1 Å². The molecular weight excluding hydrogens is 464 g/mol. The Labute approximate surface area is 224 Å². The van der Waals surface area contributed by atoms with Crippen LogP contribution in [-0.4, -0.2) is 20.2 Å². The monoisotopic (exact) mass is 498 g/mol. The van der Waals surface area contributed by atoms with Gasteiger partial charge in [0.1, 0.15) is 0 Å². The van der Waals surface area contributed by atoms with Crippen LogP contribution in [0.15, 0.2) is 84.9 Å². The highest BCUT2D eigenvalue weighted by Gasteiger charge is 2.36. The van der Waals surface area contributed by atoms with Gasteiger partial charge in [-0.15, -0.1) is 0 Å². The lowest BCUT2D eigenvalue weighted by Crippen LogP contribution is -2.32. The highest BCUT2D eigenvalue weighted by atomic mass is 15.4. The zero-order valence-electron chi connectivity index (χ0n) is 22.9. The molecule has 4 heteroatoms. The summed E-state index contributed by atoms with van der Waals surface area (Å²) in [5.41, 5.74) is 9.94. The Balaban J connectivity index is 1.45. The van der Waals surface area contributed by atoms with Crippen molar-refractivity contribution < 1.29 is 0 Å². The summed E-state index contributed by atoms with van der Waals surface area (Å²) < 4.78 is 4.83. The molecule has 2 aromatic heterocycles. The molecule has 1 unspecified atom stereocenters. The van der Waals surface area contributed by atoms with Crippen LogP contribution in [0.1, 0.15) is 38.3 Å². The summed E-state index contributed by atoms with van der Waals surface area (Å²) in [6.45, 7) is 12.3. The van der Waals surface area contributed by atoms with Crippen LogP contribution in [0.5, 0.6) is 0 Å². The summed E-state index contributed by atoms with van der Waals surface area (Å²) in [7, 11) is 0. The van der Waals surface area contributed by atoms with Crippen LogP contribution in [0, 0.1) is 19.3 Å². The normalized spacial score (nSPS) is 15.7. The van der Waals surface area contributed by atoms with E-state index in [0.717, 1.165) is 24.4 Å². The lowest BCUT2D eigenvalue weighted by Gasteiger charge is -2.30. The zero-order valence-corrected chi connectivity index (χ0v) is 22.9. The Bertz CT molecular complexity index is 1850. The fourth-order valence-corrected chi connectivity index (χ4v) is 6.38. The fraction of sp³-hybridized carbons (Fsp3) is 0.265. The molecule has 6 aromatic rings. The molecule has 0 fully saturated rings. The number of benzene rings is 4. The fourth-order valence-electron chi connectivity index (χ4n) is 6.38. The smallest absolute Gasteiger partial charge is 0.211 e. The van der Waals surface area contributed by atoms with Crippen molar-refractivity contribution in [1.82, 2.24) is 14.1 Å². The summed E-state index contributed by atoms with van der Waals surface area (Å²) in [6, 6.07) is 31.5. The number of fused-ring (bicyclic) bond motifs is 6. The van der Waals surface area contributed by atoms with Gasteiger partial charge in [0.05, 0.1) is 28.1 Å². The van der Waals surface area contributed by atoms with Crippen molar-refractivity contribution in [2.45, 2.75) is 53.6 Å². The van der Waals surface area contributed by atoms with Crippen LogP contribution in [0.25, 0.3) is 38.5 Å². The molecular formula is C34H34N4. The van der Waals surface area contributed by atoms with Gasteiger partial charge in [0.2, 0.25) is 5.95 Å². The van der Waals surface area contributed by atoms with E-state index in [2.05, 4.69) is 134 Å². The lowest BCUT2D eigenvalue weighted by atomic mass is 9.87. The summed E-state index contributed by atoms with van der Waals surface area (Å²) in [6.07, 6.45) is 1.09. The minimum absolute atomic E-state index is 0.212. The third-order valence-electron chi connectivity index (χ3n) is 7.90. The van der Waals surface area contributed by atoms with Crippen LogP contribution in [-0.2, 0) is 6.54 Å². The average Bonchev–Trinajstić information content (AvgIpc) is 3.50. The van der Waals surface area contributed by atoms with Crippen molar-refractivity contribution in [1.29, 1.82) is 0 Å². The number of hydrogen-bond acceptors (Lipinski definition) is 2. The number of rotatable bonds is 3. The summed E-state index contributed by atoms with van der Waals surface area (Å²) >= 11 is 0. The average molecular weight is 499 g/mol. The maximum absolute atomic E-state index is 5.16. The Morgan fingerprint density at radius 1 is 0.737 bits per heavy atom. The van der Waals surface area contributed by atoms with E-state index >= 15 is 0 Å². The molecule has 4 nitrogen and oxygen atoms in total. The van der Waals surface area contributed by atoms with Crippen LogP contribution >= 0.6 is 0 Å². The SMILES string of the molecule is Cc1cccc(-n2c3ccccc3c3cc(N4c5nc6ccc(C)cc6n5CC4CC(C)(C)C)ccc32)c1. The van der Waals surface area contributed by atoms with Crippen molar-refractivity contribution in [2.75, 3.05) is 4.90 Å². The number of hydrogen-bond donors (Lipinski definition) is 0. The van der Waals surface area contributed by atoms with E-state index in [1.54, 1.807) is 0 Å². The molecule has 0 saturated heterocycles. The number of para-hydroxylation sites is 1. The molecule has 0 amide bonds. The first-order chi connectivity index (χ1) is 18.3. The molecule has 1 aliphatic heterocycles. The number of anilines is 2. The Morgan fingerprint density at radius 2 is 1.53 bits per heavy atom. The van der Waals surface area contributed by atoms with Gasteiger partial charge in [-0.25, -0.2) is 4.98 Å². The maximum atomic E-state index is 5.16. The van der Waals surface area contributed by atoms with E-state index in [0.29, 0.717) is 6.04 Å². The second-order valence-electron chi connectivity index (χ2n) is 12.2. The van der Waals surface area contributed by atoms with Gasteiger partial charge >= 0.3 is 0 Å². The minimum Gasteiger partial charge on any atom is -0.309 e. The van der Waals surface area contributed by atoms with Gasteiger partial charge in [-0.05, 0) is 85.3 Å². The zero-order chi connectivity index (χ0) is 26.2. The molecule has 0 aliphatic carbocycles. The van der Waals surface area contributed by atoms with Gasteiger partial charge < -0.3 is 14.0 Å². The van der Waals surface area contributed by atoms with Gasteiger partial charge in [-0.1, -0.05) is 57.2 Å². The summed E-state index contributed by atoms with van der Waals surface area (Å²) in [4.78, 5) is 7.66. The van der Waals surface area contributed by atoms with Crippen LogP contribution < -0.4 is 4.90 Å². The first-order valence-electron chi connectivity index (χ1n) is 13.6. The number of aromatic nitrogens is 3. The van der Waals surface area contributed by atoms with Gasteiger partial charge in [-0.3, -0.25) is 0 Å². The van der Waals surface area contributed by atoms with Gasteiger partial charge in [0.25, 0.3) is 0 Å². The molecule has 0 bridgehead atoms. The molecule has 4 aromatic carbocycles. The lowest BCUT2D eigenvalue weighted by molar-refractivity contribution is 0.334. The number of nitrogens with zero attached hydrogens (tertiary/aromatic N) is 4. The van der Waals surface area contributed by atoms with Crippen molar-refractivity contribution >= 4 is 44.5 Å². The molecule has 0 spiro atoms. The van der Waals surface area contributed by atoms with Crippen LogP contribution in [0.3, 0.4) is 0 Å². The molecule has 1 atom stereocenters. The van der Waals surface area contributed by atoms with Crippen LogP contribution in [0.2, 0.25) is 0 Å². The molecule has 0 saturated carbocycles. The molecule has 0 N–H and O–H groups in total. The van der Waals surface area contributed by atoms with E-state index in [4.69, 9.17) is 4.98 Å². The summed E-state index contributed by atoms with van der Waals surface area (Å²) in [5, 5.41) is 2.56. The van der Waals surface area contributed by atoms with E-state index < -0.39 is 0 Å².